The fourth-order valence-electron chi connectivity index (χ4n) is 1.82. The van der Waals surface area contributed by atoms with Gasteiger partial charge in [-0.1, -0.05) is 41.0 Å². The summed E-state index contributed by atoms with van der Waals surface area (Å²) in [5.41, 5.74) is 0.418. The Morgan fingerprint density at radius 2 is 2.26 bits per heavy atom. The molecule has 1 aromatic carbocycles. The van der Waals surface area contributed by atoms with E-state index in [0.29, 0.717) is 29.0 Å². The van der Waals surface area contributed by atoms with Crippen LogP contribution in [0, 0.1) is 0 Å². The number of methoxy groups -OCH3 is 1. The summed E-state index contributed by atoms with van der Waals surface area (Å²) in [6.45, 7) is 0.925. The number of aliphatic imine (C=N–C) groups is 1. The summed E-state index contributed by atoms with van der Waals surface area (Å²) in [6.07, 6.45) is 0.0165. The van der Waals surface area contributed by atoms with Crippen molar-refractivity contribution in [1.29, 1.82) is 0 Å². The Morgan fingerprint density at radius 3 is 3.00 bits per heavy atom. The van der Waals surface area contributed by atoms with Crippen molar-refractivity contribution in [2.45, 2.75) is 11.7 Å². The first-order valence-electron chi connectivity index (χ1n) is 6.76. The summed E-state index contributed by atoms with van der Waals surface area (Å²) in [5, 5.41) is 5.91. The third-order valence-corrected chi connectivity index (χ3v) is 4.86. The zero-order chi connectivity index (χ0) is 16.8. The van der Waals surface area contributed by atoms with Crippen molar-refractivity contribution in [3.8, 4) is 0 Å². The van der Waals surface area contributed by atoms with E-state index in [1.807, 2.05) is 0 Å². The zero-order valence-corrected chi connectivity index (χ0v) is 14.6. The summed E-state index contributed by atoms with van der Waals surface area (Å²) in [4.78, 5) is 28.1. The van der Waals surface area contributed by atoms with Gasteiger partial charge in [0.2, 0.25) is 11.8 Å². The second kappa shape index (κ2) is 8.54. The van der Waals surface area contributed by atoms with Crippen LogP contribution < -0.4 is 10.6 Å². The SMILES string of the molecule is COCCN=C1NC(=O)[C@H](CC(=O)Nc2cccc(Cl)c2Cl)S1. The molecule has 0 spiro atoms. The molecule has 1 saturated heterocycles. The van der Waals surface area contributed by atoms with Gasteiger partial charge in [0, 0.05) is 13.5 Å². The van der Waals surface area contributed by atoms with Gasteiger partial charge in [0.1, 0.15) is 5.25 Å². The van der Waals surface area contributed by atoms with Crippen molar-refractivity contribution in [2.75, 3.05) is 25.6 Å². The first-order valence-corrected chi connectivity index (χ1v) is 8.39. The molecule has 1 heterocycles. The molecule has 6 nitrogen and oxygen atoms in total. The Bertz CT molecular complexity index is 640. The molecule has 9 heteroatoms. The fraction of sp³-hybridized carbons (Fsp3) is 0.357. The standard InChI is InChI=1S/C14H15Cl2N3O3S/c1-22-6-5-17-14-19-13(21)10(23-14)7-11(20)18-9-4-2-3-8(15)12(9)16/h2-4,10H,5-7H2,1H3,(H,18,20)(H,17,19,21)/t10-/m0/s1. The molecule has 0 bridgehead atoms. The van der Waals surface area contributed by atoms with E-state index in [1.54, 1.807) is 25.3 Å². The number of amidine groups is 1. The van der Waals surface area contributed by atoms with E-state index < -0.39 is 5.25 Å². The number of nitrogens with zero attached hydrogens (tertiary/aromatic N) is 1. The summed E-state index contributed by atoms with van der Waals surface area (Å²) in [5.74, 6) is -0.557. The van der Waals surface area contributed by atoms with Gasteiger partial charge in [0.05, 0.1) is 28.9 Å². The van der Waals surface area contributed by atoms with Crippen LogP contribution in [0.1, 0.15) is 6.42 Å². The van der Waals surface area contributed by atoms with Crippen LogP contribution in [-0.2, 0) is 14.3 Å². The minimum absolute atomic E-state index is 0.0165. The van der Waals surface area contributed by atoms with Gasteiger partial charge in [0.15, 0.2) is 5.17 Å². The van der Waals surface area contributed by atoms with E-state index in [9.17, 15) is 9.59 Å². The zero-order valence-electron chi connectivity index (χ0n) is 12.3. The number of hydrogen-bond acceptors (Lipinski definition) is 5. The summed E-state index contributed by atoms with van der Waals surface area (Å²) >= 11 is 13.1. The number of benzene rings is 1. The lowest BCUT2D eigenvalue weighted by molar-refractivity contribution is -0.122. The molecule has 0 aliphatic carbocycles. The molecule has 2 rings (SSSR count). The van der Waals surface area contributed by atoms with Crippen molar-refractivity contribution in [3.63, 3.8) is 0 Å². The normalized spacial score (nSPS) is 19.0. The molecule has 0 saturated carbocycles. The average Bonchev–Trinajstić information content (AvgIpc) is 2.84. The van der Waals surface area contributed by atoms with Crippen molar-refractivity contribution < 1.29 is 14.3 Å². The summed E-state index contributed by atoms with van der Waals surface area (Å²) in [6, 6.07) is 4.95. The molecule has 124 valence electrons. The molecular formula is C14H15Cl2N3O3S. The van der Waals surface area contributed by atoms with Crippen LogP contribution in [0.2, 0.25) is 10.0 Å². The number of thioether (sulfide) groups is 1. The van der Waals surface area contributed by atoms with E-state index in [0.717, 1.165) is 0 Å². The smallest absolute Gasteiger partial charge is 0.240 e. The van der Waals surface area contributed by atoms with Crippen LogP contribution >= 0.6 is 35.0 Å². The highest BCUT2D eigenvalue weighted by Crippen LogP contribution is 2.30. The number of hydrogen-bond donors (Lipinski definition) is 2. The van der Waals surface area contributed by atoms with Crippen LogP contribution in [-0.4, -0.2) is 42.5 Å². The highest BCUT2D eigenvalue weighted by Gasteiger charge is 2.32. The van der Waals surface area contributed by atoms with Crippen LogP contribution in [0.5, 0.6) is 0 Å². The quantitative estimate of drug-likeness (QED) is 0.748. The maximum Gasteiger partial charge on any atom is 0.240 e. The molecule has 2 amide bonds. The minimum atomic E-state index is -0.519. The lowest BCUT2D eigenvalue weighted by Crippen LogP contribution is -2.28. The Labute approximate surface area is 148 Å². The molecule has 1 aliphatic rings. The Balaban J connectivity index is 1.91. The van der Waals surface area contributed by atoms with E-state index >= 15 is 0 Å². The van der Waals surface area contributed by atoms with Gasteiger partial charge >= 0.3 is 0 Å². The van der Waals surface area contributed by atoms with Crippen molar-refractivity contribution >= 4 is 57.6 Å². The molecule has 2 N–H and O–H groups in total. The second-order valence-corrected chi connectivity index (χ2v) is 6.61. The maximum absolute atomic E-state index is 12.1. The van der Waals surface area contributed by atoms with E-state index in [1.165, 1.54) is 11.8 Å². The van der Waals surface area contributed by atoms with Crippen LogP contribution in [0.15, 0.2) is 23.2 Å². The third-order valence-electron chi connectivity index (χ3n) is 2.92. The van der Waals surface area contributed by atoms with Gasteiger partial charge in [-0.25, -0.2) is 0 Å². The lowest BCUT2D eigenvalue weighted by Gasteiger charge is -2.09. The van der Waals surface area contributed by atoms with E-state index in [2.05, 4.69) is 15.6 Å². The Hall–Kier alpha value is -1.28. The molecule has 0 aromatic heterocycles. The number of nitrogens with one attached hydrogen (secondary N) is 2. The molecule has 0 radical (unpaired) electrons. The Kier molecular flexibility index (Phi) is 6.71. The summed E-state index contributed by atoms with van der Waals surface area (Å²) < 4.78 is 4.89. The molecule has 1 aliphatic heterocycles. The lowest BCUT2D eigenvalue weighted by atomic mass is 10.2. The fourth-order valence-corrected chi connectivity index (χ4v) is 3.17. The van der Waals surface area contributed by atoms with E-state index in [-0.39, 0.29) is 23.3 Å². The molecular weight excluding hydrogens is 361 g/mol. The van der Waals surface area contributed by atoms with Gasteiger partial charge in [-0.05, 0) is 12.1 Å². The largest absolute Gasteiger partial charge is 0.383 e. The van der Waals surface area contributed by atoms with Gasteiger partial charge in [0.25, 0.3) is 0 Å². The highest BCUT2D eigenvalue weighted by atomic mass is 35.5. The molecule has 1 fully saturated rings. The van der Waals surface area contributed by atoms with Crippen LogP contribution in [0.3, 0.4) is 0 Å². The number of carbonyl (C=O) groups excluding carboxylic acids is 2. The number of carbonyl (C=O) groups is 2. The minimum Gasteiger partial charge on any atom is -0.383 e. The molecule has 1 aromatic rings. The predicted octanol–water partition coefficient (Wildman–Crippen LogP) is 2.56. The van der Waals surface area contributed by atoms with Crippen LogP contribution in [0.4, 0.5) is 5.69 Å². The third kappa shape index (κ3) is 5.10. The topological polar surface area (TPSA) is 79.8 Å². The number of anilines is 1. The summed E-state index contributed by atoms with van der Waals surface area (Å²) in [7, 11) is 1.58. The van der Waals surface area contributed by atoms with Gasteiger partial charge in [-0.15, -0.1) is 0 Å². The van der Waals surface area contributed by atoms with Crippen molar-refractivity contribution in [2.24, 2.45) is 4.99 Å². The van der Waals surface area contributed by atoms with Crippen LogP contribution in [0.25, 0.3) is 0 Å². The molecule has 1 atom stereocenters. The number of rotatable bonds is 6. The average molecular weight is 376 g/mol. The highest BCUT2D eigenvalue weighted by molar-refractivity contribution is 8.15. The number of amides is 2. The van der Waals surface area contributed by atoms with Gasteiger partial charge in [-0.2, -0.15) is 0 Å². The van der Waals surface area contributed by atoms with Crippen molar-refractivity contribution in [1.82, 2.24) is 5.32 Å². The molecule has 23 heavy (non-hydrogen) atoms. The maximum atomic E-state index is 12.1. The number of ether oxygens (including phenoxy) is 1. The van der Waals surface area contributed by atoms with Gasteiger partial charge < -0.3 is 15.4 Å². The van der Waals surface area contributed by atoms with Gasteiger partial charge in [-0.3, -0.25) is 14.6 Å². The first kappa shape index (κ1) is 18.1. The predicted molar refractivity (Wildman–Crippen MR) is 93.4 cm³/mol. The van der Waals surface area contributed by atoms with E-state index in [4.69, 9.17) is 27.9 Å². The molecule has 0 unspecified atom stereocenters. The Morgan fingerprint density at radius 1 is 1.48 bits per heavy atom. The second-order valence-electron chi connectivity index (χ2n) is 4.63. The monoisotopic (exact) mass is 375 g/mol. The first-order chi connectivity index (χ1) is 11.0. The van der Waals surface area contributed by atoms with Crippen molar-refractivity contribution in [3.05, 3.63) is 28.2 Å². The number of halogens is 2.